The summed E-state index contributed by atoms with van der Waals surface area (Å²) in [6.07, 6.45) is -4.59. The van der Waals surface area contributed by atoms with Gasteiger partial charge in [-0.1, -0.05) is 0 Å². The molecular weight excluding hydrogens is 252 g/mol. The first kappa shape index (κ1) is 14.4. The number of carbonyl (C=O) groups is 1. The van der Waals surface area contributed by atoms with Gasteiger partial charge in [-0.15, -0.1) is 0 Å². The molecule has 3 nitrogen and oxygen atoms in total. The number of amides is 1. The molecule has 1 amide bonds. The van der Waals surface area contributed by atoms with Gasteiger partial charge < -0.3 is 10.6 Å². The van der Waals surface area contributed by atoms with Crippen molar-refractivity contribution in [2.45, 2.75) is 12.7 Å². The largest absolute Gasteiger partial charge is 0.416 e. The molecule has 100 valence electrons. The molecule has 1 aromatic rings. The molecule has 0 aliphatic carbocycles. The molecule has 1 rings (SSSR count). The predicted octanol–water partition coefficient (Wildman–Crippen LogP) is 1.68. The fourth-order valence-corrected chi connectivity index (χ4v) is 1.32. The zero-order valence-electron chi connectivity index (χ0n) is 9.57. The zero-order valence-corrected chi connectivity index (χ0v) is 9.57. The standard InChI is InChI=1S/C11H12F4N2O/c1-16-10(18)6-17-5-7-2-8(11(13,14)15)4-9(12)3-7/h2-4,17H,5-6H2,1H3,(H,16,18). The molecule has 0 aromatic heterocycles. The van der Waals surface area contributed by atoms with E-state index in [1.807, 2.05) is 0 Å². The maximum Gasteiger partial charge on any atom is 0.416 e. The van der Waals surface area contributed by atoms with Gasteiger partial charge in [0.2, 0.25) is 5.91 Å². The van der Waals surface area contributed by atoms with Gasteiger partial charge in [-0.25, -0.2) is 4.39 Å². The number of hydrogen-bond acceptors (Lipinski definition) is 2. The Morgan fingerprint density at radius 1 is 1.28 bits per heavy atom. The van der Waals surface area contributed by atoms with Crippen LogP contribution in [0.3, 0.4) is 0 Å². The summed E-state index contributed by atoms with van der Waals surface area (Å²) in [6.45, 7) is -0.0668. The second kappa shape index (κ2) is 5.81. The third-order valence-electron chi connectivity index (χ3n) is 2.18. The first-order valence-corrected chi connectivity index (χ1v) is 5.11. The molecule has 1 aromatic carbocycles. The van der Waals surface area contributed by atoms with Crippen molar-refractivity contribution in [3.05, 3.63) is 35.1 Å². The number of benzene rings is 1. The van der Waals surface area contributed by atoms with Crippen molar-refractivity contribution < 1.29 is 22.4 Å². The lowest BCUT2D eigenvalue weighted by molar-refractivity contribution is -0.137. The van der Waals surface area contributed by atoms with Crippen LogP contribution in [0, 0.1) is 5.82 Å². The van der Waals surface area contributed by atoms with Crippen molar-refractivity contribution in [1.29, 1.82) is 0 Å². The van der Waals surface area contributed by atoms with Crippen LogP contribution in [0.5, 0.6) is 0 Å². The van der Waals surface area contributed by atoms with Crippen LogP contribution in [0.2, 0.25) is 0 Å². The van der Waals surface area contributed by atoms with E-state index < -0.39 is 17.6 Å². The molecule has 0 saturated carbocycles. The maximum atomic E-state index is 13.0. The van der Waals surface area contributed by atoms with Crippen molar-refractivity contribution in [3.63, 3.8) is 0 Å². The van der Waals surface area contributed by atoms with Crippen LogP contribution >= 0.6 is 0 Å². The minimum absolute atomic E-state index is 0.0196. The lowest BCUT2D eigenvalue weighted by Crippen LogP contribution is -2.31. The molecule has 0 radical (unpaired) electrons. The van der Waals surface area contributed by atoms with Gasteiger partial charge in [0, 0.05) is 13.6 Å². The van der Waals surface area contributed by atoms with Gasteiger partial charge in [-0.3, -0.25) is 4.79 Å². The average Bonchev–Trinajstić information content (AvgIpc) is 2.27. The maximum absolute atomic E-state index is 13.0. The Morgan fingerprint density at radius 2 is 1.94 bits per heavy atom. The van der Waals surface area contributed by atoms with Crippen molar-refractivity contribution >= 4 is 5.91 Å². The van der Waals surface area contributed by atoms with Crippen molar-refractivity contribution in [2.24, 2.45) is 0 Å². The quantitative estimate of drug-likeness (QED) is 0.812. The van der Waals surface area contributed by atoms with Gasteiger partial charge in [0.05, 0.1) is 12.1 Å². The highest BCUT2D eigenvalue weighted by atomic mass is 19.4. The summed E-state index contributed by atoms with van der Waals surface area (Å²) in [6, 6.07) is 2.27. The monoisotopic (exact) mass is 264 g/mol. The van der Waals surface area contributed by atoms with Crippen LogP contribution < -0.4 is 10.6 Å². The smallest absolute Gasteiger partial charge is 0.358 e. The molecule has 7 heteroatoms. The molecule has 2 N–H and O–H groups in total. The van der Waals surface area contributed by atoms with Gasteiger partial charge in [-0.05, 0) is 23.8 Å². The molecule has 0 bridgehead atoms. The van der Waals surface area contributed by atoms with Gasteiger partial charge in [0.25, 0.3) is 0 Å². The summed E-state index contributed by atoms with van der Waals surface area (Å²) in [7, 11) is 1.44. The third kappa shape index (κ3) is 4.33. The summed E-state index contributed by atoms with van der Waals surface area (Å²) in [4.78, 5) is 10.9. The van der Waals surface area contributed by atoms with Crippen LogP contribution in [0.4, 0.5) is 17.6 Å². The minimum Gasteiger partial charge on any atom is -0.358 e. The highest BCUT2D eigenvalue weighted by Gasteiger charge is 2.31. The zero-order chi connectivity index (χ0) is 13.8. The number of nitrogens with one attached hydrogen (secondary N) is 2. The fourth-order valence-electron chi connectivity index (χ4n) is 1.32. The average molecular weight is 264 g/mol. The van der Waals surface area contributed by atoms with E-state index in [2.05, 4.69) is 10.6 Å². The van der Waals surface area contributed by atoms with Gasteiger partial charge in [-0.2, -0.15) is 13.2 Å². The van der Waals surface area contributed by atoms with Crippen molar-refractivity contribution in [1.82, 2.24) is 10.6 Å². The van der Waals surface area contributed by atoms with Crippen molar-refractivity contribution in [2.75, 3.05) is 13.6 Å². The molecule has 0 heterocycles. The Bertz CT molecular complexity index is 432. The topological polar surface area (TPSA) is 41.1 Å². The number of halogens is 4. The molecule has 0 aliphatic heterocycles. The van der Waals surface area contributed by atoms with E-state index in [9.17, 15) is 22.4 Å². The highest BCUT2D eigenvalue weighted by Crippen LogP contribution is 2.30. The van der Waals surface area contributed by atoms with E-state index in [1.165, 1.54) is 7.05 Å². The minimum atomic E-state index is -4.59. The molecule has 0 atom stereocenters. The Morgan fingerprint density at radius 3 is 2.50 bits per heavy atom. The van der Waals surface area contributed by atoms with Crippen molar-refractivity contribution in [3.8, 4) is 0 Å². The highest BCUT2D eigenvalue weighted by molar-refractivity contribution is 5.77. The van der Waals surface area contributed by atoms with Gasteiger partial charge >= 0.3 is 6.18 Å². The van der Waals surface area contributed by atoms with Gasteiger partial charge in [0.1, 0.15) is 5.82 Å². The molecule has 0 unspecified atom stereocenters. The predicted molar refractivity (Wildman–Crippen MR) is 57.2 cm³/mol. The van der Waals surface area contributed by atoms with Crippen LogP contribution in [0.15, 0.2) is 18.2 Å². The second-order valence-corrected chi connectivity index (χ2v) is 3.62. The summed E-state index contributed by atoms with van der Waals surface area (Å²) in [5, 5.41) is 4.95. The normalized spacial score (nSPS) is 11.4. The van der Waals surface area contributed by atoms with E-state index >= 15 is 0 Å². The summed E-state index contributed by atoms with van der Waals surface area (Å²) < 4.78 is 50.2. The number of hydrogen-bond donors (Lipinski definition) is 2. The van der Waals surface area contributed by atoms with Crippen LogP contribution in [-0.4, -0.2) is 19.5 Å². The Labute approximate surface area is 101 Å². The lowest BCUT2D eigenvalue weighted by atomic mass is 10.1. The molecular formula is C11H12F4N2O. The van der Waals surface area contributed by atoms with E-state index in [0.717, 1.165) is 12.1 Å². The first-order chi connectivity index (χ1) is 8.32. The number of likely N-dealkylation sites (N-methyl/N-ethyl adjacent to an activating group) is 1. The fraction of sp³-hybridized carbons (Fsp3) is 0.364. The third-order valence-corrected chi connectivity index (χ3v) is 2.18. The molecule has 0 saturated heterocycles. The van der Waals surface area contributed by atoms with E-state index in [0.29, 0.717) is 6.07 Å². The number of carbonyl (C=O) groups excluding carboxylic acids is 1. The molecule has 18 heavy (non-hydrogen) atoms. The Kier molecular flexibility index (Phi) is 4.66. The van der Waals surface area contributed by atoms with Crippen LogP contribution in [0.25, 0.3) is 0 Å². The van der Waals surface area contributed by atoms with Crippen LogP contribution in [0.1, 0.15) is 11.1 Å². The van der Waals surface area contributed by atoms with E-state index in [1.54, 1.807) is 0 Å². The second-order valence-electron chi connectivity index (χ2n) is 3.62. The Hall–Kier alpha value is -1.63. The summed E-state index contributed by atoms with van der Waals surface area (Å²) in [5.74, 6) is -1.26. The molecule has 0 spiro atoms. The SMILES string of the molecule is CNC(=O)CNCc1cc(F)cc(C(F)(F)F)c1. The molecule has 0 aliphatic rings. The van der Waals surface area contributed by atoms with E-state index in [4.69, 9.17) is 0 Å². The number of rotatable bonds is 4. The van der Waals surface area contributed by atoms with Gasteiger partial charge in [0.15, 0.2) is 0 Å². The molecule has 0 fully saturated rings. The Balaban J connectivity index is 2.72. The van der Waals surface area contributed by atoms with E-state index in [-0.39, 0.29) is 24.6 Å². The summed E-state index contributed by atoms with van der Waals surface area (Å²) >= 11 is 0. The number of alkyl halides is 3. The summed E-state index contributed by atoms with van der Waals surface area (Å²) in [5.41, 5.74) is -0.912. The first-order valence-electron chi connectivity index (χ1n) is 5.11. The lowest BCUT2D eigenvalue weighted by Gasteiger charge is -2.10. The van der Waals surface area contributed by atoms with Crippen LogP contribution in [-0.2, 0) is 17.5 Å².